The standard InChI is InChI=1S/C14H21N3O3/c1-2-16(6-9-18)14(19)12-4-3-5-13(15-12)17-7-10-20-11-8-17/h3-5,18H,2,6-11H2,1H3. The molecule has 1 aromatic heterocycles. The van der Waals surface area contributed by atoms with Gasteiger partial charge in [-0.1, -0.05) is 6.07 Å². The van der Waals surface area contributed by atoms with E-state index in [9.17, 15) is 4.79 Å². The summed E-state index contributed by atoms with van der Waals surface area (Å²) in [6.45, 7) is 5.69. The Morgan fingerprint density at radius 3 is 2.85 bits per heavy atom. The number of rotatable bonds is 5. The van der Waals surface area contributed by atoms with Gasteiger partial charge in [0.05, 0.1) is 19.8 Å². The first kappa shape index (κ1) is 14.7. The fraction of sp³-hybridized carbons (Fsp3) is 0.571. The predicted molar refractivity (Wildman–Crippen MR) is 75.9 cm³/mol. The fourth-order valence-electron chi connectivity index (χ4n) is 2.20. The smallest absolute Gasteiger partial charge is 0.272 e. The second-order valence-corrected chi connectivity index (χ2v) is 4.59. The molecular weight excluding hydrogens is 258 g/mol. The van der Waals surface area contributed by atoms with Gasteiger partial charge in [-0.25, -0.2) is 4.98 Å². The summed E-state index contributed by atoms with van der Waals surface area (Å²) < 4.78 is 5.31. The number of likely N-dealkylation sites (N-methyl/N-ethyl adjacent to an activating group) is 1. The summed E-state index contributed by atoms with van der Waals surface area (Å²) in [5.41, 5.74) is 0.421. The van der Waals surface area contributed by atoms with Gasteiger partial charge in [-0.3, -0.25) is 4.79 Å². The zero-order valence-corrected chi connectivity index (χ0v) is 11.8. The van der Waals surface area contributed by atoms with Crippen LogP contribution in [0.4, 0.5) is 5.82 Å². The first-order valence-corrected chi connectivity index (χ1v) is 6.96. The van der Waals surface area contributed by atoms with E-state index >= 15 is 0 Å². The summed E-state index contributed by atoms with van der Waals surface area (Å²) in [6, 6.07) is 5.47. The molecule has 0 unspecified atom stereocenters. The highest BCUT2D eigenvalue weighted by Crippen LogP contribution is 2.14. The first-order valence-electron chi connectivity index (χ1n) is 6.96. The molecule has 0 saturated carbocycles. The van der Waals surface area contributed by atoms with Crippen LogP contribution in [0.2, 0.25) is 0 Å². The minimum Gasteiger partial charge on any atom is -0.395 e. The number of morpholine rings is 1. The molecular formula is C14H21N3O3. The largest absolute Gasteiger partial charge is 0.395 e. The van der Waals surface area contributed by atoms with Gasteiger partial charge in [0.15, 0.2) is 0 Å². The van der Waals surface area contributed by atoms with Gasteiger partial charge in [-0.15, -0.1) is 0 Å². The van der Waals surface area contributed by atoms with Gasteiger partial charge in [0.2, 0.25) is 0 Å². The molecule has 1 amide bonds. The highest BCUT2D eigenvalue weighted by Gasteiger charge is 2.18. The molecule has 1 aliphatic rings. The number of aliphatic hydroxyl groups is 1. The van der Waals surface area contributed by atoms with E-state index in [0.29, 0.717) is 32.0 Å². The number of nitrogens with zero attached hydrogens (tertiary/aromatic N) is 3. The summed E-state index contributed by atoms with van der Waals surface area (Å²) in [6.07, 6.45) is 0. The Balaban J connectivity index is 2.13. The summed E-state index contributed by atoms with van der Waals surface area (Å²) in [4.78, 5) is 20.5. The lowest BCUT2D eigenvalue weighted by atomic mass is 10.3. The van der Waals surface area contributed by atoms with Crippen molar-refractivity contribution < 1.29 is 14.6 Å². The van der Waals surface area contributed by atoms with Crippen LogP contribution in [-0.4, -0.2) is 66.9 Å². The second-order valence-electron chi connectivity index (χ2n) is 4.59. The van der Waals surface area contributed by atoms with E-state index in [4.69, 9.17) is 9.84 Å². The Kier molecular flexibility index (Phi) is 5.31. The van der Waals surface area contributed by atoms with Gasteiger partial charge in [-0.05, 0) is 19.1 Å². The minimum absolute atomic E-state index is 0.0390. The Hall–Kier alpha value is -1.66. The van der Waals surface area contributed by atoms with Crippen LogP contribution in [0.5, 0.6) is 0 Å². The number of hydrogen-bond donors (Lipinski definition) is 1. The molecule has 6 heteroatoms. The highest BCUT2D eigenvalue weighted by atomic mass is 16.5. The summed E-state index contributed by atoms with van der Waals surface area (Å²) in [5.74, 6) is 0.663. The molecule has 110 valence electrons. The van der Waals surface area contributed by atoms with Crippen LogP contribution in [0, 0.1) is 0 Å². The molecule has 0 bridgehead atoms. The van der Waals surface area contributed by atoms with Gasteiger partial charge >= 0.3 is 0 Å². The number of carbonyl (C=O) groups excluding carboxylic acids is 1. The molecule has 0 aromatic carbocycles. The molecule has 1 saturated heterocycles. The average molecular weight is 279 g/mol. The highest BCUT2D eigenvalue weighted by molar-refractivity contribution is 5.92. The van der Waals surface area contributed by atoms with Gasteiger partial charge in [0.1, 0.15) is 11.5 Å². The Bertz CT molecular complexity index is 447. The lowest BCUT2D eigenvalue weighted by Crippen LogP contribution is -2.37. The Labute approximate surface area is 119 Å². The van der Waals surface area contributed by atoms with Gasteiger partial charge in [0.25, 0.3) is 5.91 Å². The van der Waals surface area contributed by atoms with Crippen molar-refractivity contribution >= 4 is 11.7 Å². The zero-order valence-electron chi connectivity index (χ0n) is 11.8. The molecule has 0 atom stereocenters. The van der Waals surface area contributed by atoms with Crippen LogP contribution in [0.15, 0.2) is 18.2 Å². The van der Waals surface area contributed by atoms with Gasteiger partial charge < -0.3 is 19.6 Å². The number of aliphatic hydroxyl groups excluding tert-OH is 1. The maximum absolute atomic E-state index is 12.3. The van der Waals surface area contributed by atoms with E-state index in [1.165, 1.54) is 0 Å². The number of amides is 1. The molecule has 1 fully saturated rings. The molecule has 1 aromatic rings. The van der Waals surface area contributed by atoms with Crippen molar-refractivity contribution in [2.24, 2.45) is 0 Å². The molecule has 2 rings (SSSR count). The van der Waals surface area contributed by atoms with Crippen LogP contribution in [0.1, 0.15) is 17.4 Å². The predicted octanol–water partition coefficient (Wildman–Crippen LogP) is 0.373. The lowest BCUT2D eigenvalue weighted by molar-refractivity contribution is 0.0726. The van der Waals surface area contributed by atoms with Crippen LogP contribution in [0.25, 0.3) is 0 Å². The lowest BCUT2D eigenvalue weighted by Gasteiger charge is -2.28. The quantitative estimate of drug-likeness (QED) is 0.843. The van der Waals surface area contributed by atoms with Crippen LogP contribution in [0.3, 0.4) is 0 Å². The van der Waals surface area contributed by atoms with Crippen molar-refractivity contribution in [2.75, 3.05) is 50.9 Å². The fourth-order valence-corrected chi connectivity index (χ4v) is 2.20. The second kappa shape index (κ2) is 7.21. The summed E-state index contributed by atoms with van der Waals surface area (Å²) >= 11 is 0. The monoisotopic (exact) mass is 279 g/mol. The molecule has 1 N–H and O–H groups in total. The zero-order chi connectivity index (χ0) is 14.4. The SMILES string of the molecule is CCN(CCO)C(=O)c1cccc(N2CCOCC2)n1. The molecule has 20 heavy (non-hydrogen) atoms. The van der Waals surface area contributed by atoms with Crippen LogP contribution < -0.4 is 4.90 Å². The molecule has 1 aliphatic heterocycles. The van der Waals surface area contributed by atoms with Crippen molar-refractivity contribution in [1.29, 1.82) is 0 Å². The number of hydrogen-bond acceptors (Lipinski definition) is 5. The molecule has 6 nitrogen and oxygen atoms in total. The van der Waals surface area contributed by atoms with Crippen molar-refractivity contribution in [3.63, 3.8) is 0 Å². The number of anilines is 1. The van der Waals surface area contributed by atoms with Crippen molar-refractivity contribution in [2.45, 2.75) is 6.92 Å². The van der Waals surface area contributed by atoms with Crippen molar-refractivity contribution in [1.82, 2.24) is 9.88 Å². The van der Waals surface area contributed by atoms with Gasteiger partial charge in [0, 0.05) is 26.2 Å². The van der Waals surface area contributed by atoms with Crippen molar-refractivity contribution in [3.8, 4) is 0 Å². The van der Waals surface area contributed by atoms with Crippen LogP contribution >= 0.6 is 0 Å². The summed E-state index contributed by atoms with van der Waals surface area (Å²) in [7, 11) is 0. The summed E-state index contributed by atoms with van der Waals surface area (Å²) in [5, 5.41) is 8.99. The van der Waals surface area contributed by atoms with E-state index in [1.54, 1.807) is 11.0 Å². The van der Waals surface area contributed by atoms with E-state index < -0.39 is 0 Å². The normalized spacial score (nSPS) is 15.2. The molecule has 0 radical (unpaired) electrons. The molecule has 2 heterocycles. The maximum atomic E-state index is 12.3. The number of aromatic nitrogens is 1. The third kappa shape index (κ3) is 3.46. The van der Waals surface area contributed by atoms with E-state index in [1.807, 2.05) is 19.1 Å². The van der Waals surface area contributed by atoms with E-state index in [2.05, 4.69) is 9.88 Å². The Morgan fingerprint density at radius 1 is 1.45 bits per heavy atom. The topological polar surface area (TPSA) is 65.9 Å². The number of ether oxygens (including phenoxy) is 1. The van der Waals surface area contributed by atoms with Crippen molar-refractivity contribution in [3.05, 3.63) is 23.9 Å². The third-order valence-electron chi connectivity index (χ3n) is 3.33. The van der Waals surface area contributed by atoms with E-state index in [0.717, 1.165) is 18.9 Å². The number of carbonyl (C=O) groups is 1. The van der Waals surface area contributed by atoms with E-state index in [-0.39, 0.29) is 12.5 Å². The first-order chi connectivity index (χ1) is 9.76. The third-order valence-corrected chi connectivity index (χ3v) is 3.33. The molecule has 0 aliphatic carbocycles. The number of pyridine rings is 1. The van der Waals surface area contributed by atoms with Crippen LogP contribution in [-0.2, 0) is 4.74 Å². The molecule has 0 spiro atoms. The average Bonchev–Trinajstić information content (AvgIpc) is 2.53. The Morgan fingerprint density at radius 2 is 2.20 bits per heavy atom. The minimum atomic E-state index is -0.142. The maximum Gasteiger partial charge on any atom is 0.272 e. The van der Waals surface area contributed by atoms with Gasteiger partial charge in [-0.2, -0.15) is 0 Å².